The Labute approximate surface area is 202 Å². The highest BCUT2D eigenvalue weighted by Crippen LogP contribution is 2.34. The zero-order chi connectivity index (χ0) is 22.5. The van der Waals surface area contributed by atoms with E-state index in [2.05, 4.69) is 33.2 Å². The summed E-state index contributed by atoms with van der Waals surface area (Å²) in [5.74, 6) is 2.38. The van der Waals surface area contributed by atoms with E-state index in [1.54, 1.807) is 11.3 Å². The number of thiazole rings is 1. The molecule has 0 atom stereocenters. The van der Waals surface area contributed by atoms with Gasteiger partial charge >= 0.3 is 0 Å². The number of rotatable bonds is 7. The summed E-state index contributed by atoms with van der Waals surface area (Å²) in [6, 6.07) is 8.12. The van der Waals surface area contributed by atoms with Crippen LogP contribution in [0, 0.1) is 0 Å². The number of aromatic nitrogens is 3. The lowest BCUT2D eigenvalue weighted by Crippen LogP contribution is -2.34. The largest absolute Gasteiger partial charge is 0.487 e. The highest BCUT2D eigenvalue weighted by Gasteiger charge is 2.25. The Morgan fingerprint density at radius 3 is 2.58 bits per heavy atom. The number of ether oxygens (including phenoxy) is 1. The number of nitrogens with zero attached hydrogens (tertiary/aromatic N) is 4. The summed E-state index contributed by atoms with van der Waals surface area (Å²) in [4.78, 5) is 16.3. The first kappa shape index (κ1) is 22.6. The summed E-state index contributed by atoms with van der Waals surface area (Å²) in [7, 11) is 0. The van der Waals surface area contributed by atoms with Gasteiger partial charge in [0, 0.05) is 48.3 Å². The summed E-state index contributed by atoms with van der Waals surface area (Å²) in [5, 5.41) is 3.33. The van der Waals surface area contributed by atoms with Crippen LogP contribution >= 0.6 is 23.7 Å². The second-order valence-corrected chi connectivity index (χ2v) is 9.84. The quantitative estimate of drug-likeness (QED) is 0.427. The molecule has 5 rings (SSSR count). The molecule has 2 saturated heterocycles. The molecule has 4 heterocycles. The van der Waals surface area contributed by atoms with Crippen LogP contribution in [0.15, 0.2) is 42.0 Å². The maximum absolute atomic E-state index is 6.17. The Morgan fingerprint density at radius 1 is 1.06 bits per heavy atom. The number of aryl methyl sites for hydroxylation is 1. The fourth-order valence-electron chi connectivity index (χ4n) is 4.18. The van der Waals surface area contributed by atoms with Crippen LogP contribution in [0.1, 0.15) is 53.4 Å². The second kappa shape index (κ2) is 10.8. The van der Waals surface area contributed by atoms with E-state index < -0.39 is 0 Å². The molecule has 0 saturated carbocycles. The smallest absolute Gasteiger partial charge is 0.225 e. The summed E-state index contributed by atoms with van der Waals surface area (Å²) < 4.78 is 16.9. The molecule has 0 spiro atoms. The van der Waals surface area contributed by atoms with Crippen LogP contribution in [-0.2, 0) is 21.4 Å². The van der Waals surface area contributed by atoms with Gasteiger partial charge in [-0.15, -0.1) is 11.3 Å². The van der Waals surface area contributed by atoms with Crippen LogP contribution in [-0.4, -0.2) is 41.3 Å². The van der Waals surface area contributed by atoms with Crippen LogP contribution < -0.4 is 9.64 Å². The Balaban J connectivity index is 1.16. The molecule has 9 heteroatoms. The van der Waals surface area contributed by atoms with Gasteiger partial charge in [-0.2, -0.15) is 0 Å². The maximum atomic E-state index is 6.17. The molecule has 174 valence electrons. The summed E-state index contributed by atoms with van der Waals surface area (Å²) in [6.45, 7) is 5.75. The van der Waals surface area contributed by atoms with Crippen LogP contribution in [0.4, 0.5) is 5.95 Å². The highest BCUT2D eigenvalue weighted by atomic mass is 32.2. The van der Waals surface area contributed by atoms with Crippen molar-refractivity contribution in [3.8, 4) is 5.75 Å². The Hall–Kier alpha value is -2.20. The van der Waals surface area contributed by atoms with Gasteiger partial charge in [-0.05, 0) is 30.9 Å². The first-order valence-electron chi connectivity index (χ1n) is 11.4. The van der Waals surface area contributed by atoms with Gasteiger partial charge in [0.2, 0.25) is 5.95 Å². The minimum atomic E-state index is 0.181. The topological polar surface area (TPSA) is 69.6 Å². The van der Waals surface area contributed by atoms with Crippen LogP contribution in [0.25, 0.3) is 0 Å². The lowest BCUT2D eigenvalue weighted by Gasteiger charge is -2.31. The first-order valence-corrected chi connectivity index (χ1v) is 13.0. The third-order valence-electron chi connectivity index (χ3n) is 6.17. The number of hydrogen-bond donors (Lipinski definition) is 0. The van der Waals surface area contributed by atoms with E-state index in [4.69, 9.17) is 18.1 Å². The number of piperidine rings is 1. The van der Waals surface area contributed by atoms with E-state index in [1.165, 1.54) is 10.6 Å². The Morgan fingerprint density at radius 2 is 1.82 bits per heavy atom. The molecular formula is C24H28N4O3S2. The minimum Gasteiger partial charge on any atom is -0.487 e. The zero-order valence-electron chi connectivity index (χ0n) is 18.7. The van der Waals surface area contributed by atoms with Crippen molar-refractivity contribution >= 4 is 29.6 Å². The first-order chi connectivity index (χ1) is 16.3. The van der Waals surface area contributed by atoms with Crippen molar-refractivity contribution in [1.82, 2.24) is 15.0 Å². The fraction of sp³-hybridized carbons (Fsp3) is 0.458. The highest BCUT2D eigenvalue weighted by molar-refractivity contribution is 7.89. The van der Waals surface area contributed by atoms with Gasteiger partial charge in [-0.3, -0.25) is 8.37 Å². The van der Waals surface area contributed by atoms with Crippen molar-refractivity contribution in [2.45, 2.75) is 44.6 Å². The normalized spacial score (nSPS) is 17.9. The molecule has 0 amide bonds. The van der Waals surface area contributed by atoms with Crippen LogP contribution in [0.5, 0.6) is 5.75 Å². The van der Waals surface area contributed by atoms with Gasteiger partial charge in [0.1, 0.15) is 12.4 Å². The number of anilines is 1. The van der Waals surface area contributed by atoms with E-state index in [0.717, 1.165) is 67.6 Å². The molecule has 7 nitrogen and oxygen atoms in total. The molecule has 2 aromatic heterocycles. The van der Waals surface area contributed by atoms with Crippen molar-refractivity contribution in [2.24, 2.45) is 0 Å². The molecule has 1 aromatic carbocycles. The fourth-order valence-corrected chi connectivity index (χ4v) is 5.66. The van der Waals surface area contributed by atoms with Gasteiger partial charge in [0.15, 0.2) is 12.3 Å². The van der Waals surface area contributed by atoms with Gasteiger partial charge in [-0.1, -0.05) is 25.1 Å². The SMILES string of the molecule is CCc1cnc(N2CCC(c3nc(COc4ccccc4C4COSOC4)cs3)CC2)nc1. The third-order valence-corrected chi connectivity index (χ3v) is 7.69. The number of hydrogen-bond acceptors (Lipinski definition) is 9. The third kappa shape index (κ3) is 5.48. The lowest BCUT2D eigenvalue weighted by molar-refractivity contribution is 0.183. The van der Waals surface area contributed by atoms with Gasteiger partial charge in [0.25, 0.3) is 0 Å². The number of benzene rings is 1. The molecular weight excluding hydrogens is 456 g/mol. The van der Waals surface area contributed by atoms with Gasteiger partial charge < -0.3 is 9.64 Å². The molecule has 2 fully saturated rings. The number of para-hydroxylation sites is 1. The molecule has 0 unspecified atom stereocenters. The maximum Gasteiger partial charge on any atom is 0.225 e. The summed E-state index contributed by atoms with van der Waals surface area (Å²) >= 11 is 2.81. The standard InChI is InChI=1S/C24H28N4O3S2/c1-2-17-11-25-24(26-12-17)28-9-7-18(8-10-28)23-27-20(16-32-23)15-29-22-6-4-3-5-21(22)19-13-30-33-31-14-19/h3-6,11-12,16,18-19H,2,7-10,13-15H2,1H3. The molecule has 3 aromatic rings. The van der Waals surface area contributed by atoms with Crippen molar-refractivity contribution in [3.63, 3.8) is 0 Å². The van der Waals surface area contributed by atoms with Crippen molar-refractivity contribution < 1.29 is 13.1 Å². The zero-order valence-corrected chi connectivity index (χ0v) is 20.3. The van der Waals surface area contributed by atoms with E-state index in [0.29, 0.717) is 25.7 Å². The molecule has 0 radical (unpaired) electrons. The van der Waals surface area contributed by atoms with E-state index in [9.17, 15) is 0 Å². The average molecular weight is 485 g/mol. The monoisotopic (exact) mass is 484 g/mol. The van der Waals surface area contributed by atoms with Gasteiger partial charge in [-0.25, -0.2) is 15.0 Å². The molecule has 0 aliphatic carbocycles. The van der Waals surface area contributed by atoms with Crippen molar-refractivity contribution in [1.29, 1.82) is 0 Å². The predicted octanol–water partition coefficient (Wildman–Crippen LogP) is 5.15. The van der Waals surface area contributed by atoms with E-state index in [-0.39, 0.29) is 5.92 Å². The van der Waals surface area contributed by atoms with Crippen LogP contribution in [0.3, 0.4) is 0 Å². The average Bonchev–Trinajstić information content (AvgIpc) is 3.37. The summed E-state index contributed by atoms with van der Waals surface area (Å²) in [5.41, 5.74) is 3.28. The van der Waals surface area contributed by atoms with Crippen molar-refractivity contribution in [2.75, 3.05) is 31.2 Å². The Bertz CT molecular complexity index is 1030. The minimum absolute atomic E-state index is 0.181. The lowest BCUT2D eigenvalue weighted by atomic mass is 9.98. The van der Waals surface area contributed by atoms with E-state index >= 15 is 0 Å². The van der Waals surface area contributed by atoms with E-state index in [1.807, 2.05) is 30.6 Å². The van der Waals surface area contributed by atoms with Crippen molar-refractivity contribution in [3.05, 3.63) is 63.9 Å². The van der Waals surface area contributed by atoms with Gasteiger partial charge in [0.05, 0.1) is 23.9 Å². The summed E-state index contributed by atoms with van der Waals surface area (Å²) in [6.07, 6.45) is 6.97. The molecule has 0 N–H and O–H groups in total. The molecule has 2 aliphatic heterocycles. The molecule has 0 bridgehead atoms. The Kier molecular flexibility index (Phi) is 7.40. The second-order valence-electron chi connectivity index (χ2n) is 8.34. The molecule has 33 heavy (non-hydrogen) atoms. The van der Waals surface area contributed by atoms with Crippen LogP contribution in [0.2, 0.25) is 0 Å². The molecule has 2 aliphatic rings. The predicted molar refractivity (Wildman–Crippen MR) is 131 cm³/mol.